The van der Waals surface area contributed by atoms with Gasteiger partial charge in [0.15, 0.2) is 0 Å². The van der Waals surface area contributed by atoms with Crippen molar-refractivity contribution in [1.82, 2.24) is 5.32 Å². The van der Waals surface area contributed by atoms with Crippen molar-refractivity contribution in [3.8, 4) is 0 Å². The van der Waals surface area contributed by atoms with Gasteiger partial charge in [0, 0.05) is 0 Å². The summed E-state index contributed by atoms with van der Waals surface area (Å²) in [5, 5.41) is 43.1. The van der Waals surface area contributed by atoms with E-state index in [4.69, 9.17) is 42.7 Å². The summed E-state index contributed by atoms with van der Waals surface area (Å²) in [7, 11) is 0. The molecular formula is C22H39N5O10. The van der Waals surface area contributed by atoms with Gasteiger partial charge in [-0.05, 0) is 45.2 Å². The van der Waals surface area contributed by atoms with Crippen molar-refractivity contribution in [2.24, 2.45) is 22.9 Å². The van der Waals surface area contributed by atoms with Gasteiger partial charge >= 0.3 is 29.8 Å². The Labute approximate surface area is 214 Å². The highest BCUT2D eigenvalue weighted by Gasteiger charge is 2.20. The molecule has 212 valence electrons. The average molecular weight is 534 g/mol. The molecule has 15 heteroatoms. The van der Waals surface area contributed by atoms with E-state index >= 15 is 0 Å². The Bertz CT molecular complexity index is 782. The van der Waals surface area contributed by atoms with E-state index in [1.54, 1.807) is 0 Å². The lowest BCUT2D eigenvalue weighted by atomic mass is 10.1. The fourth-order valence-corrected chi connectivity index (χ4v) is 1.85. The van der Waals surface area contributed by atoms with Crippen molar-refractivity contribution in [3.05, 3.63) is 35.9 Å². The Kier molecular flexibility index (Phi) is 23.4. The van der Waals surface area contributed by atoms with Gasteiger partial charge in [-0.1, -0.05) is 30.3 Å². The van der Waals surface area contributed by atoms with Crippen LogP contribution in [0.2, 0.25) is 0 Å². The molecule has 1 fully saturated rings. The Morgan fingerprint density at radius 3 is 1.49 bits per heavy atom. The molecule has 0 spiro atoms. The van der Waals surface area contributed by atoms with Crippen LogP contribution < -0.4 is 28.3 Å². The minimum absolute atomic E-state index is 0.269. The Morgan fingerprint density at radius 2 is 1.27 bits per heavy atom. The maximum Gasteiger partial charge on any atom is 0.320 e. The number of hydrogen-bond acceptors (Lipinski definition) is 10. The summed E-state index contributed by atoms with van der Waals surface area (Å²) in [5.74, 6) is -4.57. The second kappa shape index (κ2) is 22.8. The van der Waals surface area contributed by atoms with Gasteiger partial charge < -0.3 is 53.8 Å². The highest BCUT2D eigenvalue weighted by atomic mass is 16.4. The summed E-state index contributed by atoms with van der Waals surface area (Å²) in [6.07, 6.45) is 2.17. The van der Waals surface area contributed by atoms with Gasteiger partial charge in [0.25, 0.3) is 0 Å². The van der Waals surface area contributed by atoms with E-state index in [1.165, 1.54) is 13.8 Å². The van der Waals surface area contributed by atoms with Gasteiger partial charge in [0.05, 0.1) is 6.54 Å². The van der Waals surface area contributed by atoms with Crippen LogP contribution in [0.4, 0.5) is 0 Å². The van der Waals surface area contributed by atoms with Crippen LogP contribution in [0.25, 0.3) is 0 Å². The first-order chi connectivity index (χ1) is 17.1. The number of carboxylic acids is 5. The van der Waals surface area contributed by atoms with Gasteiger partial charge in [0.2, 0.25) is 0 Å². The molecule has 2 rings (SSSR count). The SMILES string of the molecule is C[C@H](N)C(=O)O.C[C@H](N)C(=O)O.NCC(=O)O.N[C@@H](Cc1ccccc1)C(=O)O.O=C(O)[C@@H]1CCCN1. The van der Waals surface area contributed by atoms with Crippen LogP contribution in [0.15, 0.2) is 30.3 Å². The first-order valence-corrected chi connectivity index (χ1v) is 10.9. The van der Waals surface area contributed by atoms with Crippen LogP contribution in [0, 0.1) is 0 Å². The molecule has 0 amide bonds. The fourth-order valence-electron chi connectivity index (χ4n) is 1.85. The molecule has 0 bridgehead atoms. The maximum absolute atomic E-state index is 10.4. The van der Waals surface area contributed by atoms with E-state index in [0.717, 1.165) is 24.9 Å². The minimum Gasteiger partial charge on any atom is -0.480 e. The van der Waals surface area contributed by atoms with Crippen LogP contribution >= 0.6 is 0 Å². The molecule has 0 saturated carbocycles. The van der Waals surface area contributed by atoms with E-state index in [-0.39, 0.29) is 12.6 Å². The standard InChI is InChI=1S/C9H11NO2.C5H9NO2.2C3H7NO2.C2H5NO2/c10-8(9(11)12)6-7-4-2-1-3-5-7;7-5(8)4-2-1-3-6-4;2*1-2(4)3(5)6;3-1-2(4)5/h1-5,8H,6,10H2,(H,11,12);4,6H,1-3H2,(H,7,8);2*2H,4H2,1H3,(H,5,6);1,3H2,(H,4,5)/t8-;4-;2*2-;/m0000./s1. The van der Waals surface area contributed by atoms with Gasteiger partial charge in [-0.25, -0.2) is 0 Å². The van der Waals surface area contributed by atoms with Gasteiger partial charge in [0.1, 0.15) is 24.2 Å². The number of carbonyl (C=O) groups is 5. The number of rotatable bonds is 7. The molecule has 37 heavy (non-hydrogen) atoms. The number of benzene rings is 1. The van der Waals surface area contributed by atoms with Crippen LogP contribution in [-0.2, 0) is 30.4 Å². The molecule has 1 aliphatic rings. The molecule has 15 nitrogen and oxygen atoms in total. The van der Waals surface area contributed by atoms with Crippen molar-refractivity contribution < 1.29 is 49.5 Å². The Balaban J connectivity index is -0.000000409. The second-order valence-corrected chi connectivity index (χ2v) is 7.47. The molecular weight excluding hydrogens is 494 g/mol. The monoisotopic (exact) mass is 533 g/mol. The quantitative estimate of drug-likeness (QED) is 0.187. The lowest BCUT2D eigenvalue weighted by molar-refractivity contribution is -0.139. The third-order valence-electron chi connectivity index (χ3n) is 3.93. The predicted octanol–water partition coefficient (Wildman–Crippen LogP) is -1.67. The van der Waals surface area contributed by atoms with Crippen LogP contribution in [0.1, 0.15) is 32.3 Å². The van der Waals surface area contributed by atoms with Crippen LogP contribution in [0.5, 0.6) is 0 Å². The average Bonchev–Trinajstić information content (AvgIpc) is 3.36. The van der Waals surface area contributed by atoms with E-state index in [0.29, 0.717) is 6.42 Å². The number of nitrogens with two attached hydrogens (primary N) is 4. The zero-order valence-electron chi connectivity index (χ0n) is 20.8. The molecule has 0 unspecified atom stereocenters. The predicted molar refractivity (Wildman–Crippen MR) is 134 cm³/mol. The lowest BCUT2D eigenvalue weighted by Gasteiger charge is -2.04. The lowest BCUT2D eigenvalue weighted by Crippen LogP contribution is -2.32. The van der Waals surface area contributed by atoms with Crippen molar-refractivity contribution in [3.63, 3.8) is 0 Å². The maximum atomic E-state index is 10.4. The van der Waals surface area contributed by atoms with Gasteiger partial charge in [-0.3, -0.25) is 24.0 Å². The number of carboxylic acid groups (broad SMARTS) is 5. The fraction of sp³-hybridized carbons (Fsp3) is 0.500. The zero-order chi connectivity index (χ0) is 29.6. The Morgan fingerprint density at radius 1 is 0.865 bits per heavy atom. The zero-order valence-corrected chi connectivity index (χ0v) is 20.8. The molecule has 14 N–H and O–H groups in total. The van der Waals surface area contributed by atoms with E-state index in [1.807, 2.05) is 30.3 Å². The summed E-state index contributed by atoms with van der Waals surface area (Å²) >= 11 is 0. The van der Waals surface area contributed by atoms with Crippen LogP contribution in [0.3, 0.4) is 0 Å². The first-order valence-electron chi connectivity index (χ1n) is 10.9. The van der Waals surface area contributed by atoms with E-state index < -0.39 is 48.0 Å². The van der Waals surface area contributed by atoms with Crippen LogP contribution in [-0.4, -0.2) is 92.6 Å². The summed E-state index contributed by atoms with van der Waals surface area (Å²) in [6, 6.07) is 6.81. The van der Waals surface area contributed by atoms with Gasteiger partial charge in [-0.15, -0.1) is 0 Å². The summed E-state index contributed by atoms with van der Waals surface area (Å²) in [6.45, 7) is 3.42. The van der Waals surface area contributed by atoms with Crippen molar-refractivity contribution in [1.29, 1.82) is 0 Å². The number of aliphatic carboxylic acids is 5. The third-order valence-corrected chi connectivity index (χ3v) is 3.93. The van der Waals surface area contributed by atoms with Crippen molar-refractivity contribution >= 4 is 29.8 Å². The Hall–Kier alpha value is -3.63. The highest BCUT2D eigenvalue weighted by Crippen LogP contribution is 2.03. The minimum atomic E-state index is -0.968. The van der Waals surface area contributed by atoms with E-state index in [2.05, 4.69) is 11.1 Å². The molecule has 0 radical (unpaired) electrons. The number of nitrogens with one attached hydrogen (secondary N) is 1. The summed E-state index contributed by atoms with van der Waals surface area (Å²) < 4.78 is 0. The first kappa shape index (κ1) is 37.9. The largest absolute Gasteiger partial charge is 0.480 e. The molecule has 0 aromatic heterocycles. The molecule has 1 aromatic carbocycles. The molecule has 1 saturated heterocycles. The smallest absolute Gasteiger partial charge is 0.320 e. The van der Waals surface area contributed by atoms with Crippen molar-refractivity contribution in [2.45, 2.75) is 57.3 Å². The molecule has 1 aromatic rings. The molecule has 1 aliphatic heterocycles. The molecule has 0 aliphatic carbocycles. The summed E-state index contributed by atoms with van der Waals surface area (Å²) in [4.78, 5) is 48.9. The topological polar surface area (TPSA) is 303 Å². The normalized spacial score (nSPS) is 15.6. The summed E-state index contributed by atoms with van der Waals surface area (Å²) in [5.41, 5.74) is 20.5. The molecule has 1 heterocycles. The van der Waals surface area contributed by atoms with Crippen molar-refractivity contribution in [2.75, 3.05) is 13.1 Å². The van der Waals surface area contributed by atoms with E-state index in [9.17, 15) is 24.0 Å². The highest BCUT2D eigenvalue weighted by molar-refractivity contribution is 5.74. The second-order valence-electron chi connectivity index (χ2n) is 7.47. The third kappa shape index (κ3) is 26.8. The number of hydrogen-bond donors (Lipinski definition) is 10. The van der Waals surface area contributed by atoms with Gasteiger partial charge in [-0.2, -0.15) is 0 Å². The molecule has 4 atom stereocenters.